The summed E-state index contributed by atoms with van der Waals surface area (Å²) in [5, 5.41) is 0. The predicted molar refractivity (Wildman–Crippen MR) is 104 cm³/mol. The number of benzene rings is 1. The largest absolute Gasteiger partial charge is 0.444 e. The van der Waals surface area contributed by atoms with Gasteiger partial charge in [0.05, 0.1) is 12.1 Å². The van der Waals surface area contributed by atoms with Crippen LogP contribution in [0.5, 0.6) is 0 Å². The molecule has 2 aliphatic rings. The molecule has 0 saturated carbocycles. The zero-order valence-electron chi connectivity index (χ0n) is 16.9. The molecule has 3 rings (SSSR count). The highest BCUT2D eigenvalue weighted by Crippen LogP contribution is 2.28. The Hall–Kier alpha value is -2.24. The molecule has 1 aromatic rings. The second-order valence-electron chi connectivity index (χ2n) is 8.48. The maximum Gasteiger partial charge on any atom is 0.410 e. The number of amides is 3. The highest BCUT2D eigenvalue weighted by Gasteiger charge is 2.39. The summed E-state index contributed by atoms with van der Waals surface area (Å²) >= 11 is 0. The van der Waals surface area contributed by atoms with Crippen molar-refractivity contribution in [1.82, 2.24) is 14.7 Å². The number of ether oxygens (including phenoxy) is 1. The van der Waals surface area contributed by atoms with Gasteiger partial charge in [0.1, 0.15) is 5.60 Å². The molecule has 2 aliphatic heterocycles. The molecule has 2 unspecified atom stereocenters. The van der Waals surface area contributed by atoms with Crippen molar-refractivity contribution in [2.45, 2.75) is 58.2 Å². The number of carbonyl (C=O) groups excluding carboxylic acids is 2. The van der Waals surface area contributed by atoms with Crippen LogP contribution in [0.15, 0.2) is 30.3 Å². The lowest BCUT2D eigenvalue weighted by Gasteiger charge is -2.38. The minimum Gasteiger partial charge on any atom is -0.444 e. The molecule has 2 saturated heterocycles. The van der Waals surface area contributed by atoms with Gasteiger partial charge in [0, 0.05) is 26.2 Å². The van der Waals surface area contributed by atoms with Gasteiger partial charge < -0.3 is 19.4 Å². The Morgan fingerprint density at radius 2 is 1.85 bits per heavy atom. The fourth-order valence-electron chi connectivity index (χ4n) is 3.88. The molecule has 0 N–H and O–H groups in total. The number of rotatable bonds is 3. The van der Waals surface area contributed by atoms with Crippen molar-refractivity contribution >= 4 is 12.1 Å². The van der Waals surface area contributed by atoms with Crippen LogP contribution in [0, 0.1) is 0 Å². The summed E-state index contributed by atoms with van der Waals surface area (Å²) < 4.78 is 5.51. The van der Waals surface area contributed by atoms with Crippen molar-refractivity contribution in [1.29, 1.82) is 0 Å². The molecule has 2 fully saturated rings. The Bertz CT molecular complexity index is 671. The minimum absolute atomic E-state index is 0.0502. The lowest BCUT2D eigenvalue weighted by atomic mass is 10.0. The Morgan fingerprint density at radius 3 is 2.52 bits per heavy atom. The summed E-state index contributed by atoms with van der Waals surface area (Å²) in [5.74, 6) is 0. The number of hydrogen-bond donors (Lipinski definition) is 0. The molecule has 27 heavy (non-hydrogen) atoms. The summed E-state index contributed by atoms with van der Waals surface area (Å²) in [5.41, 5.74) is 0.641. The average molecular weight is 373 g/mol. The van der Waals surface area contributed by atoms with Crippen molar-refractivity contribution in [2.75, 3.05) is 26.2 Å². The number of piperidine rings is 1. The summed E-state index contributed by atoms with van der Waals surface area (Å²) in [4.78, 5) is 31.1. The van der Waals surface area contributed by atoms with E-state index in [4.69, 9.17) is 4.74 Å². The van der Waals surface area contributed by atoms with E-state index in [2.05, 4.69) is 19.1 Å². The lowest BCUT2D eigenvalue weighted by Crippen LogP contribution is -2.51. The van der Waals surface area contributed by atoms with Crippen LogP contribution in [0.4, 0.5) is 9.59 Å². The third-order valence-corrected chi connectivity index (χ3v) is 5.31. The van der Waals surface area contributed by atoms with Gasteiger partial charge in [-0.2, -0.15) is 0 Å². The first kappa shape index (κ1) is 19.5. The fraction of sp³-hybridized carbons (Fsp3) is 0.619. The zero-order valence-corrected chi connectivity index (χ0v) is 16.9. The van der Waals surface area contributed by atoms with Crippen LogP contribution in [-0.2, 0) is 4.74 Å². The normalized spacial score (nSPS) is 22.1. The van der Waals surface area contributed by atoms with Gasteiger partial charge in [-0.3, -0.25) is 0 Å². The van der Waals surface area contributed by atoms with Gasteiger partial charge in [0.25, 0.3) is 0 Å². The lowest BCUT2D eigenvalue weighted by molar-refractivity contribution is 0.0141. The summed E-state index contributed by atoms with van der Waals surface area (Å²) in [7, 11) is 0. The second-order valence-corrected chi connectivity index (χ2v) is 8.48. The quantitative estimate of drug-likeness (QED) is 0.808. The SMILES string of the molecule is CC(c1ccccc1)N1CCN(C2CCCN(C(=O)OC(C)(C)C)C2)C1=O. The number of carbonyl (C=O) groups is 2. The number of hydrogen-bond acceptors (Lipinski definition) is 3. The number of urea groups is 1. The second kappa shape index (κ2) is 7.79. The maximum absolute atomic E-state index is 13.0. The molecule has 0 aliphatic carbocycles. The average Bonchev–Trinajstić information content (AvgIpc) is 3.02. The van der Waals surface area contributed by atoms with Gasteiger partial charge in [0.15, 0.2) is 0 Å². The van der Waals surface area contributed by atoms with Crippen molar-refractivity contribution in [2.24, 2.45) is 0 Å². The third-order valence-electron chi connectivity index (χ3n) is 5.31. The standard InChI is InChI=1S/C21H31N3O3/c1-16(17-9-6-5-7-10-17)23-13-14-24(19(23)25)18-11-8-12-22(15-18)20(26)27-21(2,3)4/h5-7,9-10,16,18H,8,11-15H2,1-4H3. The fourth-order valence-corrected chi connectivity index (χ4v) is 3.88. The summed E-state index contributed by atoms with van der Waals surface area (Å²) in [6.45, 7) is 10.4. The molecule has 3 amide bonds. The third kappa shape index (κ3) is 4.54. The molecule has 0 radical (unpaired) electrons. The van der Waals surface area contributed by atoms with Crippen LogP contribution in [0.1, 0.15) is 52.1 Å². The van der Waals surface area contributed by atoms with Crippen LogP contribution in [0.3, 0.4) is 0 Å². The molecule has 6 nitrogen and oxygen atoms in total. The van der Waals surface area contributed by atoms with Gasteiger partial charge in [-0.1, -0.05) is 30.3 Å². The van der Waals surface area contributed by atoms with Crippen molar-refractivity contribution in [3.8, 4) is 0 Å². The van der Waals surface area contributed by atoms with E-state index in [1.165, 1.54) is 0 Å². The maximum atomic E-state index is 13.0. The highest BCUT2D eigenvalue weighted by atomic mass is 16.6. The van der Waals surface area contributed by atoms with Crippen molar-refractivity contribution in [3.05, 3.63) is 35.9 Å². The van der Waals surface area contributed by atoms with Crippen LogP contribution in [0.2, 0.25) is 0 Å². The van der Waals surface area contributed by atoms with E-state index in [1.807, 2.05) is 48.8 Å². The molecule has 1 aromatic carbocycles. The molecule has 2 heterocycles. The van der Waals surface area contributed by atoms with E-state index in [0.717, 1.165) is 24.9 Å². The van der Waals surface area contributed by atoms with Gasteiger partial charge in [0.2, 0.25) is 0 Å². The molecular formula is C21H31N3O3. The van der Waals surface area contributed by atoms with Crippen LogP contribution in [0.25, 0.3) is 0 Å². The van der Waals surface area contributed by atoms with E-state index in [1.54, 1.807) is 4.90 Å². The Kier molecular flexibility index (Phi) is 5.63. The smallest absolute Gasteiger partial charge is 0.410 e. The van der Waals surface area contributed by atoms with Crippen molar-refractivity contribution in [3.63, 3.8) is 0 Å². The van der Waals surface area contributed by atoms with E-state index >= 15 is 0 Å². The molecular weight excluding hydrogens is 342 g/mol. The molecule has 148 valence electrons. The van der Waals surface area contributed by atoms with Crippen LogP contribution < -0.4 is 0 Å². The summed E-state index contributed by atoms with van der Waals surface area (Å²) in [6.07, 6.45) is 1.54. The first-order valence-electron chi connectivity index (χ1n) is 9.86. The highest BCUT2D eigenvalue weighted by molar-refractivity contribution is 5.77. The van der Waals surface area contributed by atoms with E-state index in [0.29, 0.717) is 19.6 Å². The van der Waals surface area contributed by atoms with E-state index in [9.17, 15) is 9.59 Å². The number of nitrogens with zero attached hydrogens (tertiary/aromatic N) is 3. The Morgan fingerprint density at radius 1 is 1.15 bits per heavy atom. The molecule has 0 bridgehead atoms. The first-order valence-corrected chi connectivity index (χ1v) is 9.86. The zero-order chi connectivity index (χ0) is 19.6. The predicted octanol–water partition coefficient (Wildman–Crippen LogP) is 3.88. The topological polar surface area (TPSA) is 53.1 Å². The first-order chi connectivity index (χ1) is 12.8. The van der Waals surface area contributed by atoms with Crippen LogP contribution >= 0.6 is 0 Å². The van der Waals surface area contributed by atoms with E-state index in [-0.39, 0.29) is 24.2 Å². The monoisotopic (exact) mass is 373 g/mol. The molecule has 2 atom stereocenters. The van der Waals surface area contributed by atoms with Crippen molar-refractivity contribution < 1.29 is 14.3 Å². The molecule has 6 heteroatoms. The minimum atomic E-state index is -0.505. The van der Waals surface area contributed by atoms with Gasteiger partial charge >= 0.3 is 12.1 Å². The Labute approximate surface area is 162 Å². The molecule has 0 spiro atoms. The van der Waals surface area contributed by atoms with Gasteiger partial charge in [-0.15, -0.1) is 0 Å². The van der Waals surface area contributed by atoms with Gasteiger partial charge in [-0.05, 0) is 46.1 Å². The summed E-state index contributed by atoms with van der Waals surface area (Å²) in [6, 6.07) is 10.3. The molecule has 0 aromatic heterocycles. The Balaban J connectivity index is 1.63. The van der Waals surface area contributed by atoms with Crippen LogP contribution in [-0.4, -0.2) is 64.6 Å². The van der Waals surface area contributed by atoms with Gasteiger partial charge in [-0.25, -0.2) is 9.59 Å². The van der Waals surface area contributed by atoms with E-state index < -0.39 is 5.60 Å². The number of likely N-dealkylation sites (tertiary alicyclic amines) is 1.